The Kier molecular flexibility index (Phi) is 8.08. The number of rotatable bonds is 7. The van der Waals surface area contributed by atoms with Crippen molar-refractivity contribution in [2.24, 2.45) is 18.0 Å². The number of carbonyl (C=O) groups is 3. The third-order valence-electron chi connectivity index (χ3n) is 5.69. The number of halogens is 1. The Hall–Kier alpha value is -2.50. The van der Waals surface area contributed by atoms with Crippen molar-refractivity contribution in [3.8, 4) is 0 Å². The van der Waals surface area contributed by atoms with Gasteiger partial charge in [0.25, 0.3) is 5.91 Å². The molecule has 0 spiro atoms. The highest BCUT2D eigenvalue weighted by Gasteiger charge is 2.29. The zero-order chi connectivity index (χ0) is 25.1. The van der Waals surface area contributed by atoms with Crippen molar-refractivity contribution >= 4 is 67.4 Å². The molecule has 0 saturated carbocycles. The number of aromatic nitrogens is 1. The molecule has 0 aliphatic heterocycles. The Morgan fingerprint density at radius 2 is 2.09 bits per heavy atom. The van der Waals surface area contributed by atoms with E-state index in [0.29, 0.717) is 26.0 Å². The van der Waals surface area contributed by atoms with Crippen LogP contribution in [0, 0.1) is 11.7 Å². The monoisotopic (exact) mass is 535 g/mol. The van der Waals surface area contributed by atoms with E-state index in [9.17, 15) is 18.8 Å². The minimum absolute atomic E-state index is 0.0270. The number of hydrogen-bond acceptors (Lipinski definition) is 7. The summed E-state index contributed by atoms with van der Waals surface area (Å²) >= 11 is 3.82. The predicted octanol–water partition coefficient (Wildman–Crippen LogP) is 4.54. The van der Waals surface area contributed by atoms with Crippen LogP contribution in [0.4, 0.5) is 9.39 Å². The van der Waals surface area contributed by atoms with Crippen molar-refractivity contribution in [1.82, 2.24) is 4.57 Å². The first kappa shape index (κ1) is 25.6. The number of benzene rings is 1. The maximum atomic E-state index is 13.5. The maximum absolute atomic E-state index is 13.5. The van der Waals surface area contributed by atoms with Crippen molar-refractivity contribution in [2.75, 3.05) is 23.4 Å². The number of thioether (sulfide) groups is 1. The highest BCUT2D eigenvalue weighted by atomic mass is 32.2. The molecule has 1 N–H and O–H groups in total. The lowest BCUT2D eigenvalue weighted by Gasteiger charge is -2.18. The molecule has 2 aromatic heterocycles. The van der Waals surface area contributed by atoms with Gasteiger partial charge in [-0.05, 0) is 55.9 Å². The molecule has 35 heavy (non-hydrogen) atoms. The standard InChI is InChI=1S/C24H26FN3O4S3/c1-4-32-23(31)21-15-7-5-13(2)9-17(15)34-22(21)26-19(29)11-33-12-20(30)27-24-28(3)16-8-6-14(25)10-18(16)35-24/h6,8,10,13H,4-5,7,9,11-12H2,1-3H3,(H,26,29). The molecule has 0 bridgehead atoms. The molecule has 186 valence electrons. The average molecular weight is 536 g/mol. The van der Waals surface area contributed by atoms with Gasteiger partial charge in [-0.2, -0.15) is 4.99 Å². The van der Waals surface area contributed by atoms with Crippen LogP contribution in [0.3, 0.4) is 0 Å². The summed E-state index contributed by atoms with van der Waals surface area (Å²) in [5.41, 5.74) is 2.25. The lowest BCUT2D eigenvalue weighted by Crippen LogP contribution is -2.18. The van der Waals surface area contributed by atoms with Crippen LogP contribution < -0.4 is 10.1 Å². The average Bonchev–Trinajstić information content (AvgIpc) is 3.29. The smallest absolute Gasteiger partial charge is 0.341 e. The number of fused-ring (bicyclic) bond motifs is 2. The minimum atomic E-state index is -0.410. The Morgan fingerprint density at radius 1 is 1.29 bits per heavy atom. The van der Waals surface area contributed by atoms with Crippen molar-refractivity contribution in [3.05, 3.63) is 44.8 Å². The lowest BCUT2D eigenvalue weighted by molar-refractivity contribution is -0.115. The van der Waals surface area contributed by atoms with Gasteiger partial charge in [0.15, 0.2) is 4.80 Å². The summed E-state index contributed by atoms with van der Waals surface area (Å²) in [7, 11) is 1.77. The number of thiophene rings is 1. The fourth-order valence-electron chi connectivity index (χ4n) is 4.01. The van der Waals surface area contributed by atoms with Crippen LogP contribution in [-0.2, 0) is 34.2 Å². The van der Waals surface area contributed by atoms with Crippen molar-refractivity contribution in [1.29, 1.82) is 0 Å². The quantitative estimate of drug-likeness (QED) is 0.449. The number of thiazole rings is 1. The molecule has 2 heterocycles. The zero-order valence-corrected chi connectivity index (χ0v) is 22.1. The second kappa shape index (κ2) is 11.0. The van der Waals surface area contributed by atoms with E-state index in [1.807, 2.05) is 0 Å². The summed E-state index contributed by atoms with van der Waals surface area (Å²) in [6.45, 7) is 4.20. The summed E-state index contributed by atoms with van der Waals surface area (Å²) in [6.07, 6.45) is 2.68. The number of esters is 1. The number of amides is 2. The first-order valence-corrected chi connectivity index (χ1v) is 14.1. The minimum Gasteiger partial charge on any atom is -0.462 e. The second-order valence-corrected chi connectivity index (χ2v) is 11.5. The summed E-state index contributed by atoms with van der Waals surface area (Å²) in [5.74, 6) is -0.808. The van der Waals surface area contributed by atoms with E-state index in [-0.39, 0.29) is 35.7 Å². The second-order valence-electron chi connectivity index (χ2n) is 8.38. The first-order chi connectivity index (χ1) is 16.8. The molecule has 1 aliphatic rings. The van der Waals surface area contributed by atoms with Gasteiger partial charge in [0.05, 0.1) is 33.9 Å². The molecular weight excluding hydrogens is 509 g/mol. The number of anilines is 1. The third-order valence-corrected chi connectivity index (χ3v) is 8.88. The molecule has 0 radical (unpaired) electrons. The molecule has 3 aromatic rings. The SMILES string of the molecule is CCOC(=O)c1c(NC(=O)CSCC(=O)N=c2sc3cc(F)ccc3n2C)sc2c1CCC(C)C2. The maximum Gasteiger partial charge on any atom is 0.341 e. The third kappa shape index (κ3) is 5.84. The van der Waals surface area contributed by atoms with E-state index in [4.69, 9.17) is 4.74 Å². The zero-order valence-electron chi connectivity index (χ0n) is 19.7. The van der Waals surface area contributed by atoms with Gasteiger partial charge in [0, 0.05) is 11.9 Å². The van der Waals surface area contributed by atoms with Crippen LogP contribution in [0.15, 0.2) is 23.2 Å². The van der Waals surface area contributed by atoms with Crippen LogP contribution in [0.25, 0.3) is 10.2 Å². The Balaban J connectivity index is 1.39. The van der Waals surface area contributed by atoms with E-state index in [0.717, 1.165) is 47.0 Å². The predicted molar refractivity (Wildman–Crippen MR) is 139 cm³/mol. The first-order valence-electron chi connectivity index (χ1n) is 11.3. The number of nitrogens with one attached hydrogen (secondary N) is 1. The summed E-state index contributed by atoms with van der Waals surface area (Å²) < 4.78 is 21.2. The number of nitrogens with zero attached hydrogens (tertiary/aromatic N) is 2. The van der Waals surface area contributed by atoms with Gasteiger partial charge in [-0.3, -0.25) is 9.59 Å². The van der Waals surface area contributed by atoms with Crippen molar-refractivity contribution in [3.63, 3.8) is 0 Å². The molecular formula is C24H26FN3O4S3. The molecule has 1 aliphatic carbocycles. The van der Waals surface area contributed by atoms with Gasteiger partial charge < -0.3 is 14.6 Å². The summed E-state index contributed by atoms with van der Waals surface area (Å²) in [6, 6.07) is 4.43. The fourth-order valence-corrected chi connectivity index (χ4v) is 7.08. The van der Waals surface area contributed by atoms with Crippen molar-refractivity contribution in [2.45, 2.75) is 33.1 Å². The molecule has 1 atom stereocenters. The molecule has 1 unspecified atom stereocenters. The molecule has 7 nitrogen and oxygen atoms in total. The van der Waals surface area contributed by atoms with Gasteiger partial charge in [-0.25, -0.2) is 9.18 Å². The Morgan fingerprint density at radius 3 is 2.86 bits per heavy atom. The van der Waals surface area contributed by atoms with E-state index < -0.39 is 5.97 Å². The van der Waals surface area contributed by atoms with E-state index >= 15 is 0 Å². The number of hydrogen-bond donors (Lipinski definition) is 1. The lowest BCUT2D eigenvalue weighted by atomic mass is 9.88. The topological polar surface area (TPSA) is 89.8 Å². The van der Waals surface area contributed by atoms with Crippen LogP contribution in [0.1, 0.15) is 41.1 Å². The van der Waals surface area contributed by atoms with Gasteiger partial charge >= 0.3 is 5.97 Å². The largest absolute Gasteiger partial charge is 0.462 e. The van der Waals surface area contributed by atoms with E-state index in [2.05, 4.69) is 17.2 Å². The number of carbonyl (C=O) groups excluding carboxylic acids is 3. The van der Waals surface area contributed by atoms with Gasteiger partial charge in [0.1, 0.15) is 10.8 Å². The van der Waals surface area contributed by atoms with Gasteiger partial charge in [0.2, 0.25) is 5.91 Å². The van der Waals surface area contributed by atoms with Crippen LogP contribution in [-0.4, -0.2) is 40.5 Å². The van der Waals surface area contributed by atoms with E-state index in [1.54, 1.807) is 24.6 Å². The molecule has 1 aromatic carbocycles. The van der Waals surface area contributed by atoms with Crippen LogP contribution in [0.5, 0.6) is 0 Å². The van der Waals surface area contributed by atoms with Crippen LogP contribution in [0.2, 0.25) is 0 Å². The molecule has 2 amide bonds. The highest BCUT2D eigenvalue weighted by molar-refractivity contribution is 8.00. The van der Waals surface area contributed by atoms with Crippen molar-refractivity contribution < 1.29 is 23.5 Å². The highest BCUT2D eigenvalue weighted by Crippen LogP contribution is 2.40. The van der Waals surface area contributed by atoms with E-state index in [1.165, 1.54) is 34.8 Å². The van der Waals surface area contributed by atoms with Gasteiger partial charge in [-0.1, -0.05) is 18.3 Å². The van der Waals surface area contributed by atoms with Crippen LogP contribution >= 0.6 is 34.4 Å². The van der Waals surface area contributed by atoms with Gasteiger partial charge in [-0.15, -0.1) is 23.1 Å². The molecule has 0 saturated heterocycles. The molecule has 4 rings (SSSR count). The fraction of sp³-hybridized carbons (Fsp3) is 0.417. The Labute approximate surface area is 214 Å². The normalized spacial score (nSPS) is 15.8. The number of ether oxygens (including phenoxy) is 1. The Bertz CT molecular complexity index is 1360. The summed E-state index contributed by atoms with van der Waals surface area (Å²) in [4.78, 5) is 43.3. The summed E-state index contributed by atoms with van der Waals surface area (Å²) in [5, 5.41) is 3.38. The molecule has 0 fully saturated rings. The number of aryl methyl sites for hydroxylation is 1. The molecule has 11 heteroatoms.